The predicted octanol–water partition coefficient (Wildman–Crippen LogP) is 9.44. The summed E-state index contributed by atoms with van der Waals surface area (Å²) in [5.41, 5.74) is -5.06. The van der Waals surface area contributed by atoms with Crippen LogP contribution in [0.4, 0.5) is 74.6 Å². The summed E-state index contributed by atoms with van der Waals surface area (Å²) in [5.74, 6) is -57.1. The minimum absolute atomic E-state index is 0.0195. The molecule has 3 aromatic rings. The van der Waals surface area contributed by atoms with Gasteiger partial charge in [0.2, 0.25) is 0 Å². The van der Waals surface area contributed by atoms with Crippen molar-refractivity contribution >= 4 is 0 Å². The molecule has 0 aliphatic rings. The lowest BCUT2D eigenvalue weighted by Gasteiger charge is -2.42. The molecular weight excluding hydrogens is 663 g/mol. The summed E-state index contributed by atoms with van der Waals surface area (Å²) in [6.45, 7) is 0. The molecule has 0 aliphatic heterocycles. The highest BCUT2D eigenvalue weighted by Crippen LogP contribution is 2.65. The first-order chi connectivity index (χ1) is 20.2. The summed E-state index contributed by atoms with van der Waals surface area (Å²) in [7, 11) is 0. The summed E-state index contributed by atoms with van der Waals surface area (Å²) in [6.07, 6.45) is -7.82. The smallest absolute Gasteiger partial charge is 0.376 e. The van der Waals surface area contributed by atoms with E-state index in [0.717, 1.165) is 0 Å². The van der Waals surface area contributed by atoms with Gasteiger partial charge in [0.1, 0.15) is 5.60 Å². The second kappa shape index (κ2) is 10.8. The first-order valence-electron chi connectivity index (χ1n) is 11.8. The molecule has 0 saturated heterocycles. The fourth-order valence-corrected chi connectivity index (χ4v) is 4.12. The summed E-state index contributed by atoms with van der Waals surface area (Å²) in [4.78, 5) is 0. The summed E-state index contributed by atoms with van der Waals surface area (Å²) < 4.78 is 232. The predicted molar refractivity (Wildman–Crippen MR) is 121 cm³/mol. The third-order valence-electron chi connectivity index (χ3n) is 6.77. The van der Waals surface area contributed by atoms with E-state index in [2.05, 4.69) is 0 Å². The standard InChI is InChI=1S/C27H15F17O/c28-20(29,21(30,31)22(32,33)23(34,35)24(36,37)25(38,39)26(40,41)27(42,43)44)18-13-11-17(12-14-18)19(45,15-7-3-1-4-8-15)16-9-5-2-6-10-16/h1-14,45H. The van der Waals surface area contributed by atoms with Crippen LogP contribution in [0.1, 0.15) is 22.3 Å². The highest BCUT2D eigenvalue weighted by atomic mass is 19.4. The number of alkyl halides is 17. The maximum absolute atomic E-state index is 14.8. The molecule has 248 valence electrons. The van der Waals surface area contributed by atoms with Crippen molar-refractivity contribution < 1.29 is 79.7 Å². The topological polar surface area (TPSA) is 20.2 Å². The Morgan fingerprint density at radius 3 is 0.911 bits per heavy atom. The molecule has 45 heavy (non-hydrogen) atoms. The number of aliphatic hydroxyl groups is 1. The van der Waals surface area contributed by atoms with E-state index in [1.54, 1.807) is 0 Å². The van der Waals surface area contributed by atoms with Crippen LogP contribution in [0.25, 0.3) is 0 Å². The molecule has 0 bridgehead atoms. The van der Waals surface area contributed by atoms with Crippen LogP contribution in [0.3, 0.4) is 0 Å². The van der Waals surface area contributed by atoms with Crippen LogP contribution in [0, 0.1) is 0 Å². The molecule has 3 rings (SSSR count). The maximum atomic E-state index is 14.8. The Morgan fingerprint density at radius 1 is 0.311 bits per heavy atom. The van der Waals surface area contributed by atoms with Crippen LogP contribution >= 0.6 is 0 Å². The molecule has 0 aromatic heterocycles. The number of halogens is 17. The van der Waals surface area contributed by atoms with E-state index < -0.39 is 64.4 Å². The average molecular weight is 678 g/mol. The number of benzene rings is 3. The van der Waals surface area contributed by atoms with Gasteiger partial charge in [-0.2, -0.15) is 74.6 Å². The van der Waals surface area contributed by atoms with Crippen LogP contribution in [-0.2, 0) is 11.5 Å². The highest BCUT2D eigenvalue weighted by Gasteiger charge is 2.95. The van der Waals surface area contributed by atoms with Gasteiger partial charge in [0, 0.05) is 5.56 Å². The number of hydrogen-bond donors (Lipinski definition) is 1. The number of hydrogen-bond acceptors (Lipinski definition) is 1. The second-order valence-electron chi connectivity index (χ2n) is 9.54. The molecule has 0 saturated carbocycles. The normalized spacial score (nSPS) is 14.9. The molecule has 0 fully saturated rings. The fraction of sp³-hybridized carbons (Fsp3) is 0.333. The zero-order valence-electron chi connectivity index (χ0n) is 21.5. The van der Waals surface area contributed by atoms with Crippen LogP contribution in [0.15, 0.2) is 84.9 Å². The number of rotatable bonds is 10. The Kier molecular flexibility index (Phi) is 8.59. The highest BCUT2D eigenvalue weighted by molar-refractivity contribution is 5.47. The van der Waals surface area contributed by atoms with Gasteiger partial charge in [0.25, 0.3) is 0 Å². The minimum atomic E-state index is -8.70. The van der Waals surface area contributed by atoms with Crippen LogP contribution in [0.2, 0.25) is 0 Å². The Hall–Kier alpha value is -3.57. The van der Waals surface area contributed by atoms with Gasteiger partial charge in [-0.1, -0.05) is 84.9 Å². The lowest BCUT2D eigenvalue weighted by molar-refractivity contribution is -0.462. The van der Waals surface area contributed by atoms with Crippen molar-refractivity contribution in [3.8, 4) is 0 Å². The summed E-state index contributed by atoms with van der Waals surface area (Å²) >= 11 is 0. The van der Waals surface area contributed by atoms with Crippen molar-refractivity contribution in [3.05, 3.63) is 107 Å². The maximum Gasteiger partial charge on any atom is 0.460 e. The molecule has 1 nitrogen and oxygen atoms in total. The average Bonchev–Trinajstić information content (AvgIpc) is 2.96. The molecule has 0 amide bonds. The van der Waals surface area contributed by atoms with Gasteiger partial charge in [-0.3, -0.25) is 0 Å². The molecule has 0 aliphatic carbocycles. The van der Waals surface area contributed by atoms with E-state index in [0.29, 0.717) is 12.1 Å². The first-order valence-corrected chi connectivity index (χ1v) is 11.8. The van der Waals surface area contributed by atoms with Crippen molar-refractivity contribution in [1.29, 1.82) is 0 Å². The van der Waals surface area contributed by atoms with Crippen LogP contribution in [0.5, 0.6) is 0 Å². The first kappa shape index (κ1) is 35.9. The Balaban J connectivity index is 2.12. The van der Waals surface area contributed by atoms with Gasteiger partial charge in [0.05, 0.1) is 0 Å². The lowest BCUT2D eigenvalue weighted by Crippen LogP contribution is -2.74. The monoisotopic (exact) mass is 678 g/mol. The molecule has 1 N–H and O–H groups in total. The molecule has 0 atom stereocenters. The van der Waals surface area contributed by atoms with E-state index in [-0.39, 0.29) is 23.3 Å². The van der Waals surface area contributed by atoms with E-state index in [1.165, 1.54) is 60.7 Å². The Morgan fingerprint density at radius 2 is 0.578 bits per heavy atom. The van der Waals surface area contributed by atoms with Gasteiger partial charge >= 0.3 is 47.6 Å². The quantitative estimate of drug-likeness (QED) is 0.167. The van der Waals surface area contributed by atoms with Gasteiger partial charge in [0.15, 0.2) is 0 Å². The zero-order chi connectivity index (χ0) is 34.7. The van der Waals surface area contributed by atoms with Gasteiger partial charge in [-0.25, -0.2) is 0 Å². The SMILES string of the molecule is OC(c1ccccc1)(c1ccccc1)c1ccc(C(F)(F)C(F)(F)C(F)(F)C(F)(F)C(F)(F)C(F)(F)C(F)(F)C(F)(F)F)cc1. The summed E-state index contributed by atoms with van der Waals surface area (Å²) in [5, 5.41) is 11.6. The minimum Gasteiger partial charge on any atom is -0.376 e. The summed E-state index contributed by atoms with van der Waals surface area (Å²) in [6, 6.07) is 14.3. The lowest BCUT2D eigenvalue weighted by atomic mass is 9.79. The van der Waals surface area contributed by atoms with Crippen molar-refractivity contribution in [2.45, 2.75) is 53.2 Å². The zero-order valence-corrected chi connectivity index (χ0v) is 21.5. The van der Waals surface area contributed by atoms with Crippen LogP contribution in [-0.4, -0.2) is 46.8 Å². The van der Waals surface area contributed by atoms with Crippen LogP contribution < -0.4 is 0 Å². The van der Waals surface area contributed by atoms with Crippen molar-refractivity contribution in [2.24, 2.45) is 0 Å². The molecular formula is C27H15F17O. The Bertz CT molecular complexity index is 1430. The Labute approximate surface area is 240 Å². The third-order valence-corrected chi connectivity index (χ3v) is 6.77. The molecule has 18 heteroatoms. The molecule has 0 radical (unpaired) electrons. The fourth-order valence-electron chi connectivity index (χ4n) is 4.12. The van der Waals surface area contributed by atoms with E-state index >= 15 is 0 Å². The van der Waals surface area contributed by atoms with E-state index in [9.17, 15) is 79.7 Å². The molecule has 0 spiro atoms. The molecule has 0 heterocycles. The van der Waals surface area contributed by atoms with Crippen molar-refractivity contribution in [2.75, 3.05) is 0 Å². The van der Waals surface area contributed by atoms with Gasteiger partial charge < -0.3 is 5.11 Å². The van der Waals surface area contributed by atoms with Gasteiger partial charge in [-0.05, 0) is 16.7 Å². The largest absolute Gasteiger partial charge is 0.460 e. The third kappa shape index (κ3) is 4.99. The van der Waals surface area contributed by atoms with Gasteiger partial charge in [-0.15, -0.1) is 0 Å². The van der Waals surface area contributed by atoms with E-state index in [4.69, 9.17) is 0 Å². The second-order valence-corrected chi connectivity index (χ2v) is 9.54. The molecule has 0 unspecified atom stereocenters. The van der Waals surface area contributed by atoms with Crippen molar-refractivity contribution in [3.63, 3.8) is 0 Å². The molecule has 3 aromatic carbocycles. The van der Waals surface area contributed by atoms with Crippen molar-refractivity contribution in [1.82, 2.24) is 0 Å². The van der Waals surface area contributed by atoms with E-state index in [1.807, 2.05) is 0 Å².